The maximum absolute atomic E-state index is 11.9. The highest BCUT2D eigenvalue weighted by Gasteiger charge is 2.19. The standard InChI is InChI=1S/C15H10Cl4N2O3/c16-9-3-1-8(2-4-9)5-20-11(22)7-24-15(23)14-13(19)12(18)10(17)6-21-14/h1-4,6H,5,7H2,(H,20,22). The van der Waals surface area contributed by atoms with E-state index >= 15 is 0 Å². The van der Waals surface area contributed by atoms with Gasteiger partial charge in [-0.25, -0.2) is 9.78 Å². The Morgan fingerprint density at radius 3 is 2.38 bits per heavy atom. The number of pyridine rings is 1. The van der Waals surface area contributed by atoms with E-state index in [1.165, 1.54) is 6.20 Å². The van der Waals surface area contributed by atoms with Crippen molar-refractivity contribution < 1.29 is 14.3 Å². The molecule has 0 bridgehead atoms. The molecule has 1 aromatic carbocycles. The van der Waals surface area contributed by atoms with Crippen LogP contribution in [0.25, 0.3) is 0 Å². The first-order valence-corrected chi connectivity index (χ1v) is 8.07. The van der Waals surface area contributed by atoms with Crippen molar-refractivity contribution in [3.05, 3.63) is 61.8 Å². The second-order valence-corrected chi connectivity index (χ2v) is 6.16. The molecule has 2 rings (SSSR count). The predicted molar refractivity (Wildman–Crippen MR) is 92.8 cm³/mol. The molecule has 126 valence electrons. The maximum atomic E-state index is 11.9. The Labute approximate surface area is 157 Å². The van der Waals surface area contributed by atoms with Gasteiger partial charge in [-0.2, -0.15) is 0 Å². The quantitative estimate of drug-likeness (QED) is 0.755. The zero-order chi connectivity index (χ0) is 17.7. The fourth-order valence-corrected chi connectivity index (χ4v) is 2.32. The fourth-order valence-electron chi connectivity index (χ4n) is 1.64. The van der Waals surface area contributed by atoms with Crippen molar-refractivity contribution in [3.63, 3.8) is 0 Å². The molecule has 0 saturated heterocycles. The first-order valence-electron chi connectivity index (χ1n) is 6.56. The number of halogens is 4. The van der Waals surface area contributed by atoms with Crippen molar-refractivity contribution in [2.45, 2.75) is 6.54 Å². The molecule has 0 atom stereocenters. The minimum absolute atomic E-state index is 0.00697. The predicted octanol–water partition coefficient (Wildman–Crippen LogP) is 4.17. The van der Waals surface area contributed by atoms with Crippen LogP contribution in [0, 0.1) is 0 Å². The van der Waals surface area contributed by atoms with E-state index in [0.29, 0.717) is 5.02 Å². The lowest BCUT2D eigenvalue weighted by atomic mass is 10.2. The maximum Gasteiger partial charge on any atom is 0.359 e. The minimum atomic E-state index is -0.875. The van der Waals surface area contributed by atoms with Crippen LogP contribution in [-0.2, 0) is 16.1 Å². The molecule has 5 nitrogen and oxygen atoms in total. The molecular formula is C15H10Cl4N2O3. The molecule has 1 aromatic heterocycles. The number of rotatable bonds is 5. The molecule has 0 fully saturated rings. The lowest BCUT2D eigenvalue weighted by Crippen LogP contribution is -2.28. The van der Waals surface area contributed by atoms with Crippen LogP contribution < -0.4 is 5.32 Å². The van der Waals surface area contributed by atoms with Crippen LogP contribution in [0.15, 0.2) is 30.5 Å². The van der Waals surface area contributed by atoms with Gasteiger partial charge in [-0.15, -0.1) is 0 Å². The number of carbonyl (C=O) groups excluding carboxylic acids is 2. The number of nitrogens with one attached hydrogen (secondary N) is 1. The average molecular weight is 408 g/mol. The first kappa shape index (κ1) is 18.8. The topological polar surface area (TPSA) is 68.3 Å². The summed E-state index contributed by atoms with van der Waals surface area (Å²) in [6.07, 6.45) is 1.17. The molecule has 0 radical (unpaired) electrons. The van der Waals surface area contributed by atoms with Crippen molar-refractivity contribution in [2.75, 3.05) is 6.61 Å². The monoisotopic (exact) mass is 406 g/mol. The number of nitrogens with zero attached hydrogens (tertiary/aromatic N) is 1. The van der Waals surface area contributed by atoms with Crippen LogP contribution in [0.4, 0.5) is 0 Å². The number of hydrogen-bond acceptors (Lipinski definition) is 4. The summed E-state index contributed by atoms with van der Waals surface area (Å²) in [5.41, 5.74) is 0.643. The first-order chi connectivity index (χ1) is 11.4. The van der Waals surface area contributed by atoms with Crippen LogP contribution in [0.5, 0.6) is 0 Å². The summed E-state index contributed by atoms with van der Waals surface area (Å²) in [4.78, 5) is 27.3. The molecule has 1 heterocycles. The smallest absolute Gasteiger partial charge is 0.359 e. The Balaban J connectivity index is 1.86. The highest BCUT2D eigenvalue weighted by molar-refractivity contribution is 6.48. The van der Waals surface area contributed by atoms with Gasteiger partial charge in [0.1, 0.15) is 0 Å². The average Bonchev–Trinajstić information content (AvgIpc) is 2.57. The van der Waals surface area contributed by atoms with Gasteiger partial charge >= 0.3 is 5.97 Å². The van der Waals surface area contributed by atoms with E-state index in [-0.39, 0.29) is 27.3 Å². The van der Waals surface area contributed by atoms with Gasteiger partial charge in [0, 0.05) is 17.8 Å². The van der Waals surface area contributed by atoms with Crippen LogP contribution in [-0.4, -0.2) is 23.5 Å². The second kappa shape index (κ2) is 8.53. The molecule has 0 unspecified atom stereocenters. The molecule has 9 heteroatoms. The van der Waals surface area contributed by atoms with Gasteiger partial charge in [0.05, 0.1) is 15.1 Å². The van der Waals surface area contributed by atoms with Gasteiger partial charge in [0.25, 0.3) is 5.91 Å². The van der Waals surface area contributed by atoms with Gasteiger partial charge in [0.15, 0.2) is 12.3 Å². The van der Waals surface area contributed by atoms with E-state index in [1.807, 2.05) is 0 Å². The summed E-state index contributed by atoms with van der Waals surface area (Å²) in [5, 5.41) is 3.18. The normalized spacial score (nSPS) is 10.3. The van der Waals surface area contributed by atoms with E-state index in [0.717, 1.165) is 5.56 Å². The highest BCUT2D eigenvalue weighted by Crippen LogP contribution is 2.31. The molecule has 0 spiro atoms. The van der Waals surface area contributed by atoms with Crippen LogP contribution >= 0.6 is 46.4 Å². The van der Waals surface area contributed by atoms with Gasteiger partial charge in [-0.3, -0.25) is 4.79 Å². The van der Waals surface area contributed by atoms with Crippen LogP contribution in [0.1, 0.15) is 16.1 Å². The fraction of sp³-hybridized carbons (Fsp3) is 0.133. The zero-order valence-electron chi connectivity index (χ0n) is 12.0. The number of carbonyl (C=O) groups is 2. The van der Waals surface area contributed by atoms with E-state index in [4.69, 9.17) is 51.1 Å². The van der Waals surface area contributed by atoms with Crippen LogP contribution in [0.2, 0.25) is 20.1 Å². The van der Waals surface area contributed by atoms with Gasteiger partial charge in [-0.1, -0.05) is 58.5 Å². The number of hydrogen-bond donors (Lipinski definition) is 1. The lowest BCUT2D eigenvalue weighted by molar-refractivity contribution is -0.124. The molecular weight excluding hydrogens is 398 g/mol. The number of aromatic nitrogens is 1. The number of amides is 1. The third kappa shape index (κ3) is 4.98. The lowest BCUT2D eigenvalue weighted by Gasteiger charge is -2.08. The van der Waals surface area contributed by atoms with E-state index in [1.54, 1.807) is 24.3 Å². The second-order valence-electron chi connectivity index (χ2n) is 4.56. The molecule has 1 amide bonds. The molecule has 2 aromatic rings. The summed E-state index contributed by atoms with van der Waals surface area (Å²) >= 11 is 23.2. The Morgan fingerprint density at radius 1 is 1.04 bits per heavy atom. The van der Waals surface area contributed by atoms with E-state index in [2.05, 4.69) is 10.3 Å². The summed E-state index contributed by atoms with van der Waals surface area (Å²) in [5.74, 6) is -1.35. The zero-order valence-corrected chi connectivity index (χ0v) is 15.0. The molecule has 1 N–H and O–H groups in total. The number of esters is 1. The summed E-state index contributed by atoms with van der Waals surface area (Å²) in [6, 6.07) is 6.96. The Kier molecular flexibility index (Phi) is 6.69. The Bertz CT molecular complexity index is 766. The molecule has 24 heavy (non-hydrogen) atoms. The summed E-state index contributed by atoms with van der Waals surface area (Å²) < 4.78 is 4.85. The van der Waals surface area contributed by atoms with Crippen molar-refractivity contribution in [3.8, 4) is 0 Å². The highest BCUT2D eigenvalue weighted by atomic mass is 35.5. The number of ether oxygens (including phenoxy) is 1. The summed E-state index contributed by atoms with van der Waals surface area (Å²) in [7, 11) is 0. The van der Waals surface area contributed by atoms with Crippen molar-refractivity contribution in [1.29, 1.82) is 0 Å². The van der Waals surface area contributed by atoms with Crippen molar-refractivity contribution >= 4 is 58.3 Å². The molecule has 0 aliphatic rings. The Morgan fingerprint density at radius 2 is 1.71 bits per heavy atom. The SMILES string of the molecule is O=C(COC(=O)c1ncc(Cl)c(Cl)c1Cl)NCc1ccc(Cl)cc1. The molecule has 0 aliphatic heterocycles. The van der Waals surface area contributed by atoms with Crippen molar-refractivity contribution in [1.82, 2.24) is 10.3 Å². The van der Waals surface area contributed by atoms with Gasteiger partial charge in [-0.05, 0) is 17.7 Å². The third-order valence-electron chi connectivity index (χ3n) is 2.85. The Hall–Kier alpha value is -1.53. The number of benzene rings is 1. The van der Waals surface area contributed by atoms with E-state index < -0.39 is 18.5 Å². The molecule has 0 aliphatic carbocycles. The van der Waals surface area contributed by atoms with Gasteiger partial charge < -0.3 is 10.1 Å². The van der Waals surface area contributed by atoms with E-state index in [9.17, 15) is 9.59 Å². The largest absolute Gasteiger partial charge is 0.451 e. The van der Waals surface area contributed by atoms with Crippen molar-refractivity contribution in [2.24, 2.45) is 0 Å². The van der Waals surface area contributed by atoms with Gasteiger partial charge in [0.2, 0.25) is 0 Å². The molecule has 0 saturated carbocycles. The van der Waals surface area contributed by atoms with Crippen LogP contribution in [0.3, 0.4) is 0 Å². The minimum Gasteiger partial charge on any atom is -0.451 e. The summed E-state index contributed by atoms with van der Waals surface area (Å²) in [6.45, 7) is -0.204. The third-order valence-corrected chi connectivity index (χ3v) is 4.34.